The van der Waals surface area contributed by atoms with E-state index in [2.05, 4.69) is 46.3 Å². The lowest BCUT2D eigenvalue weighted by molar-refractivity contribution is 0.221. The summed E-state index contributed by atoms with van der Waals surface area (Å²) in [5.74, 6) is 0. The minimum atomic E-state index is -3.86. The molecule has 0 spiro atoms. The third kappa shape index (κ3) is 4.85. The average molecular weight is 561 g/mol. The monoisotopic (exact) mass is 560 g/mol. The molecule has 1 N–H and O–H groups in total. The predicted octanol–water partition coefficient (Wildman–Crippen LogP) is 7.38. The van der Waals surface area contributed by atoms with Crippen LogP contribution in [0.25, 0.3) is 44.2 Å². The van der Waals surface area contributed by atoms with Gasteiger partial charge < -0.3 is 4.98 Å². The summed E-state index contributed by atoms with van der Waals surface area (Å²) in [5, 5.41) is 1.86. The summed E-state index contributed by atoms with van der Waals surface area (Å²) in [5.41, 5.74) is 7.55. The zero-order valence-corrected chi connectivity index (χ0v) is 23.9. The number of benzene rings is 3. The fourth-order valence-corrected chi connectivity index (χ4v) is 7.20. The van der Waals surface area contributed by atoms with Gasteiger partial charge in [-0.2, -0.15) is 0 Å². The first-order valence-electron chi connectivity index (χ1n) is 14.2. The van der Waals surface area contributed by atoms with Gasteiger partial charge in [0, 0.05) is 47.2 Å². The van der Waals surface area contributed by atoms with Gasteiger partial charge in [0.15, 0.2) is 5.65 Å². The van der Waals surface area contributed by atoms with Gasteiger partial charge in [0.05, 0.1) is 4.90 Å². The molecule has 6 aromatic rings. The molecule has 3 aromatic carbocycles. The largest absolute Gasteiger partial charge is 0.361 e. The Labute approximate surface area is 240 Å². The molecule has 3 aromatic heterocycles. The Bertz CT molecular complexity index is 1960. The Kier molecular flexibility index (Phi) is 6.48. The number of aromatic amines is 1. The van der Waals surface area contributed by atoms with Crippen LogP contribution in [0, 0.1) is 6.92 Å². The van der Waals surface area contributed by atoms with E-state index in [1.54, 1.807) is 24.5 Å². The normalized spacial score (nSPS) is 14.7. The minimum Gasteiger partial charge on any atom is -0.361 e. The number of hydrogen-bond donors (Lipinski definition) is 1. The molecule has 0 atom stereocenters. The summed E-state index contributed by atoms with van der Waals surface area (Å²) in [7, 11) is -3.86. The molecule has 0 radical (unpaired) electrons. The van der Waals surface area contributed by atoms with Crippen LogP contribution in [0.3, 0.4) is 0 Å². The lowest BCUT2D eigenvalue weighted by atomic mass is 10.0. The molecule has 206 valence electrons. The van der Waals surface area contributed by atoms with E-state index in [0.29, 0.717) is 5.65 Å². The van der Waals surface area contributed by atoms with Crippen LogP contribution >= 0.6 is 0 Å². The first kappa shape index (κ1) is 25.7. The van der Waals surface area contributed by atoms with Crippen molar-refractivity contribution in [2.75, 3.05) is 13.1 Å². The molecule has 7 heteroatoms. The van der Waals surface area contributed by atoms with Gasteiger partial charge in [0.25, 0.3) is 10.0 Å². The van der Waals surface area contributed by atoms with Crippen LogP contribution in [0.1, 0.15) is 30.4 Å². The highest BCUT2D eigenvalue weighted by Crippen LogP contribution is 2.36. The molecule has 0 saturated carbocycles. The van der Waals surface area contributed by atoms with Gasteiger partial charge >= 0.3 is 0 Å². The summed E-state index contributed by atoms with van der Waals surface area (Å²) in [4.78, 5) is 10.7. The number of hydrogen-bond acceptors (Lipinski definition) is 4. The van der Waals surface area contributed by atoms with Gasteiger partial charge in [0.1, 0.15) is 0 Å². The second kappa shape index (κ2) is 10.3. The van der Waals surface area contributed by atoms with Crippen molar-refractivity contribution in [3.63, 3.8) is 0 Å². The summed E-state index contributed by atoms with van der Waals surface area (Å²) in [6.07, 6.45) is 9.30. The number of H-pyrrole nitrogens is 1. The van der Waals surface area contributed by atoms with Gasteiger partial charge in [-0.25, -0.2) is 17.4 Å². The second-order valence-electron chi connectivity index (χ2n) is 11.1. The SMILES string of the molecule is Cc1ccc(S(=O)(=O)n2cc(-c3ccc4[nH]ccc4c3)c3cc(-c4ccc(CN5CCCCC5)cc4)cnc32)cc1. The quantitative estimate of drug-likeness (QED) is 0.231. The van der Waals surface area contributed by atoms with Crippen molar-refractivity contribution in [2.24, 2.45) is 0 Å². The van der Waals surface area contributed by atoms with Crippen molar-refractivity contribution in [1.29, 1.82) is 0 Å². The number of likely N-dealkylation sites (tertiary alicyclic amines) is 1. The van der Waals surface area contributed by atoms with E-state index in [1.807, 2.05) is 43.5 Å². The summed E-state index contributed by atoms with van der Waals surface area (Å²) < 4.78 is 29.0. The fraction of sp³-hybridized carbons (Fsp3) is 0.206. The van der Waals surface area contributed by atoms with E-state index in [1.165, 1.54) is 41.9 Å². The van der Waals surface area contributed by atoms with Crippen molar-refractivity contribution >= 4 is 32.0 Å². The number of aryl methyl sites for hydroxylation is 1. The molecule has 1 aliphatic heterocycles. The summed E-state index contributed by atoms with van der Waals surface area (Å²) in [6.45, 7) is 5.26. The highest BCUT2D eigenvalue weighted by molar-refractivity contribution is 7.90. The van der Waals surface area contributed by atoms with Gasteiger partial charge in [-0.3, -0.25) is 4.90 Å². The molecule has 1 aliphatic rings. The first-order valence-corrected chi connectivity index (χ1v) is 15.6. The number of aromatic nitrogens is 3. The zero-order chi connectivity index (χ0) is 28.0. The van der Waals surface area contributed by atoms with Crippen LogP contribution in [0.4, 0.5) is 0 Å². The van der Waals surface area contributed by atoms with Crippen molar-refractivity contribution < 1.29 is 8.42 Å². The topological polar surface area (TPSA) is 71.0 Å². The number of pyridine rings is 1. The molecule has 41 heavy (non-hydrogen) atoms. The Hall–Kier alpha value is -4.20. The van der Waals surface area contributed by atoms with E-state index in [9.17, 15) is 8.42 Å². The summed E-state index contributed by atoms with van der Waals surface area (Å²) in [6, 6.07) is 25.9. The van der Waals surface area contributed by atoms with Crippen molar-refractivity contribution in [3.05, 3.63) is 109 Å². The predicted molar refractivity (Wildman–Crippen MR) is 165 cm³/mol. The van der Waals surface area contributed by atoms with E-state index < -0.39 is 10.0 Å². The van der Waals surface area contributed by atoms with Crippen LogP contribution < -0.4 is 0 Å². The van der Waals surface area contributed by atoms with Crippen LogP contribution in [-0.4, -0.2) is 40.3 Å². The van der Waals surface area contributed by atoms with E-state index in [0.717, 1.165) is 50.7 Å². The molecule has 0 bridgehead atoms. The van der Waals surface area contributed by atoms with Crippen molar-refractivity contribution in [2.45, 2.75) is 37.6 Å². The lowest BCUT2D eigenvalue weighted by Crippen LogP contribution is -2.28. The van der Waals surface area contributed by atoms with E-state index in [-0.39, 0.29) is 4.90 Å². The number of nitrogens with one attached hydrogen (secondary N) is 1. The molecule has 0 aliphatic carbocycles. The highest BCUT2D eigenvalue weighted by Gasteiger charge is 2.23. The lowest BCUT2D eigenvalue weighted by Gasteiger charge is -2.26. The van der Waals surface area contributed by atoms with E-state index in [4.69, 9.17) is 4.98 Å². The molecular formula is C34H32N4O2S. The molecule has 7 rings (SSSR count). The van der Waals surface area contributed by atoms with Gasteiger partial charge in [0.2, 0.25) is 0 Å². The number of fused-ring (bicyclic) bond motifs is 2. The maximum absolute atomic E-state index is 13.8. The standard InChI is InChI=1S/C34H32N4O2S/c1-24-5-12-30(13-6-24)41(39,40)38-23-32(27-11-14-33-28(19-27)15-16-35-33)31-20-29(21-36-34(31)38)26-9-7-25(8-10-26)22-37-17-3-2-4-18-37/h5-16,19-21,23,35H,2-4,17-18,22H2,1H3. The van der Waals surface area contributed by atoms with Gasteiger partial charge in [-0.1, -0.05) is 54.4 Å². The molecule has 4 heterocycles. The van der Waals surface area contributed by atoms with Crippen LogP contribution in [0.2, 0.25) is 0 Å². The number of piperidine rings is 1. The molecule has 0 unspecified atom stereocenters. The fourth-order valence-electron chi connectivity index (χ4n) is 5.87. The molecule has 6 nitrogen and oxygen atoms in total. The molecule has 1 saturated heterocycles. The molecule has 0 amide bonds. The molecule has 1 fully saturated rings. The maximum atomic E-state index is 13.8. The van der Waals surface area contributed by atoms with E-state index >= 15 is 0 Å². The number of nitrogens with zero attached hydrogens (tertiary/aromatic N) is 3. The number of rotatable bonds is 6. The van der Waals surface area contributed by atoms with Gasteiger partial charge in [-0.15, -0.1) is 0 Å². The van der Waals surface area contributed by atoms with Gasteiger partial charge in [-0.05, 0) is 91.3 Å². The Morgan fingerprint density at radius 1 is 0.829 bits per heavy atom. The van der Waals surface area contributed by atoms with Crippen LogP contribution in [0.5, 0.6) is 0 Å². The first-order chi connectivity index (χ1) is 20.0. The third-order valence-corrected chi connectivity index (χ3v) is 9.86. The summed E-state index contributed by atoms with van der Waals surface area (Å²) >= 11 is 0. The smallest absolute Gasteiger partial charge is 0.269 e. The third-order valence-electron chi connectivity index (χ3n) is 8.20. The Morgan fingerprint density at radius 2 is 1.59 bits per heavy atom. The molecular weight excluding hydrogens is 528 g/mol. The average Bonchev–Trinajstić information content (AvgIpc) is 3.63. The Balaban J connectivity index is 1.33. The van der Waals surface area contributed by atoms with Crippen LogP contribution in [0.15, 0.2) is 102 Å². The van der Waals surface area contributed by atoms with Crippen molar-refractivity contribution in [3.8, 4) is 22.3 Å². The zero-order valence-electron chi connectivity index (χ0n) is 23.0. The van der Waals surface area contributed by atoms with Crippen LogP contribution in [-0.2, 0) is 16.6 Å². The van der Waals surface area contributed by atoms with Crippen molar-refractivity contribution in [1.82, 2.24) is 18.8 Å². The minimum absolute atomic E-state index is 0.239. The highest BCUT2D eigenvalue weighted by atomic mass is 32.2. The second-order valence-corrected chi connectivity index (χ2v) is 12.9. The maximum Gasteiger partial charge on any atom is 0.269 e. The Morgan fingerprint density at radius 3 is 2.37 bits per heavy atom.